The fourth-order valence-corrected chi connectivity index (χ4v) is 3.57. The maximum Gasteiger partial charge on any atom is 0.460 e. The van der Waals surface area contributed by atoms with E-state index < -0.39 is 75.0 Å². The number of hydrogen-bond donors (Lipinski definition) is 0. The van der Waals surface area contributed by atoms with E-state index in [1.54, 1.807) is 0 Å². The van der Waals surface area contributed by atoms with Gasteiger partial charge < -0.3 is 9.47 Å². The van der Waals surface area contributed by atoms with Crippen LogP contribution in [-0.2, 0) is 9.47 Å². The summed E-state index contributed by atoms with van der Waals surface area (Å²) in [5, 5.41) is 0. The molecule has 0 saturated heterocycles. The minimum absolute atomic E-state index is 0.680. The Morgan fingerprint density at radius 3 is 0.971 bits per heavy atom. The summed E-state index contributed by atoms with van der Waals surface area (Å²) in [6.07, 6.45) is -7.89. The molecule has 0 heterocycles. The molecule has 0 aromatic heterocycles. The second-order valence-electron chi connectivity index (χ2n) is 6.66. The van der Waals surface area contributed by atoms with Gasteiger partial charge in [-0.2, -0.15) is 83.4 Å². The van der Waals surface area contributed by atoms with Crippen molar-refractivity contribution in [2.24, 2.45) is 0 Å². The largest absolute Gasteiger partial charge is 0.460 e. The molecule has 22 heteroatoms. The van der Waals surface area contributed by atoms with Crippen LogP contribution in [-0.4, -0.2) is 83.2 Å². The smallest absolute Gasteiger partial charge is 0.360 e. The van der Waals surface area contributed by atoms with Crippen LogP contribution in [0.3, 0.4) is 0 Å². The average molecular weight is 588 g/mol. The summed E-state index contributed by atoms with van der Waals surface area (Å²) in [5.41, 5.74) is 0. The van der Waals surface area contributed by atoms with Crippen LogP contribution in [0.2, 0.25) is 6.04 Å². The maximum atomic E-state index is 13.6. The van der Waals surface area contributed by atoms with Crippen molar-refractivity contribution >= 4 is 9.52 Å². The first-order valence-electron chi connectivity index (χ1n) is 8.14. The Balaban J connectivity index is 6.69. The van der Waals surface area contributed by atoms with Crippen LogP contribution in [0.4, 0.5) is 83.4 Å². The van der Waals surface area contributed by atoms with Crippen LogP contribution < -0.4 is 0 Å². The van der Waals surface area contributed by atoms with Crippen molar-refractivity contribution in [2.45, 2.75) is 65.5 Å². The Labute approximate surface area is 183 Å². The fourth-order valence-electron chi connectivity index (χ4n) is 2.18. The van der Waals surface area contributed by atoms with Gasteiger partial charge in [0.1, 0.15) is 5.91 Å². The van der Waals surface area contributed by atoms with Crippen LogP contribution in [0.5, 0.6) is 0 Å². The van der Waals surface area contributed by atoms with Gasteiger partial charge in [-0.15, -0.1) is 0 Å². The van der Waals surface area contributed by atoms with E-state index in [9.17, 15) is 83.4 Å². The summed E-state index contributed by atoms with van der Waals surface area (Å²) in [6, 6.07) is -2.55. The van der Waals surface area contributed by atoms with E-state index in [0.717, 1.165) is 0 Å². The highest BCUT2D eigenvalue weighted by Crippen LogP contribution is 2.65. The Morgan fingerprint density at radius 1 is 0.457 bits per heavy atom. The molecule has 0 radical (unpaired) electrons. The summed E-state index contributed by atoms with van der Waals surface area (Å²) >= 11 is 0. The topological polar surface area (TPSA) is 18.5 Å². The molecule has 0 bridgehead atoms. The number of rotatable bonds is 12. The first kappa shape index (κ1) is 33.8. The number of methoxy groups -OCH3 is 2. The second-order valence-corrected chi connectivity index (χ2v) is 8.41. The minimum Gasteiger partial charge on any atom is -0.360 e. The monoisotopic (exact) mass is 588 g/mol. The summed E-state index contributed by atoms with van der Waals surface area (Å²) in [5.74, 6) is -68.1. The third kappa shape index (κ3) is 4.77. The van der Waals surface area contributed by atoms with Gasteiger partial charge in [-0.3, -0.25) is 0 Å². The van der Waals surface area contributed by atoms with Crippen molar-refractivity contribution in [1.29, 1.82) is 0 Å². The number of hydrogen-bond acceptors (Lipinski definition) is 2. The highest BCUT2D eigenvalue weighted by molar-refractivity contribution is 6.37. The highest BCUT2D eigenvalue weighted by atomic mass is 28.2. The second kappa shape index (κ2) is 9.28. The molecule has 0 unspecified atom stereocenters. The molecule has 212 valence electrons. The normalized spacial score (nSPS) is 16.6. The maximum absolute atomic E-state index is 13.6. The van der Waals surface area contributed by atoms with Crippen LogP contribution in [0.1, 0.15) is 0 Å². The quantitative estimate of drug-likeness (QED) is 0.163. The molecule has 0 saturated carbocycles. The van der Waals surface area contributed by atoms with Crippen LogP contribution in [0.15, 0.2) is 0 Å². The van der Waals surface area contributed by atoms with E-state index in [-0.39, 0.29) is 0 Å². The Bertz CT molecular complexity index is 727. The average Bonchev–Trinajstić information content (AvgIpc) is 2.66. The molecule has 0 aromatic carbocycles. The summed E-state index contributed by atoms with van der Waals surface area (Å²) in [7, 11) is -1.65. The predicted molar refractivity (Wildman–Crippen MR) is 76.8 cm³/mol. The van der Waals surface area contributed by atoms with Gasteiger partial charge >= 0.3 is 53.6 Å². The zero-order valence-corrected chi connectivity index (χ0v) is 17.9. The molecule has 0 aliphatic carbocycles. The van der Waals surface area contributed by atoms with Crippen LogP contribution in [0.25, 0.3) is 0 Å². The lowest BCUT2D eigenvalue weighted by molar-refractivity contribution is -0.468. The minimum atomic E-state index is -8.90. The van der Waals surface area contributed by atoms with Crippen molar-refractivity contribution in [3.63, 3.8) is 0 Å². The van der Waals surface area contributed by atoms with Crippen LogP contribution >= 0.6 is 0 Å². The standard InChI is InChI=1S/C13H11F19O2Si/c1-33-4(34-2)35-3-5(14,15)6(16,17)7(18,19)8(20,21)9(22,23)10(24,25)11(26,27)12(28,29)13(30,31)32/h4H,3,35H2,1-2H3. The molecule has 0 aliphatic rings. The molecule has 0 N–H and O–H groups in total. The van der Waals surface area contributed by atoms with Gasteiger partial charge in [0.2, 0.25) is 0 Å². The van der Waals surface area contributed by atoms with E-state index in [4.69, 9.17) is 0 Å². The van der Waals surface area contributed by atoms with E-state index >= 15 is 0 Å². The zero-order chi connectivity index (χ0) is 28.9. The third-order valence-electron chi connectivity index (χ3n) is 4.40. The van der Waals surface area contributed by atoms with Gasteiger partial charge in [-0.1, -0.05) is 0 Å². The van der Waals surface area contributed by atoms with Crippen molar-refractivity contribution in [3.8, 4) is 0 Å². The summed E-state index contributed by atoms with van der Waals surface area (Å²) < 4.78 is 258. The van der Waals surface area contributed by atoms with Gasteiger partial charge in [-0.25, -0.2) is 0 Å². The van der Waals surface area contributed by atoms with E-state index in [1.807, 2.05) is 0 Å². The van der Waals surface area contributed by atoms with Gasteiger partial charge in [-0.05, 0) is 0 Å². The Kier molecular flexibility index (Phi) is 8.96. The lowest BCUT2D eigenvalue weighted by Gasteiger charge is -2.43. The Morgan fingerprint density at radius 2 is 0.714 bits per heavy atom. The molecule has 0 amide bonds. The molecular formula is C13H11F19O2Si. The molecule has 0 rings (SSSR count). The fraction of sp³-hybridized carbons (Fsp3) is 1.00. The van der Waals surface area contributed by atoms with Gasteiger partial charge in [0.15, 0.2) is 0 Å². The molecule has 0 atom stereocenters. The van der Waals surface area contributed by atoms with Crippen molar-refractivity contribution < 1.29 is 92.9 Å². The van der Waals surface area contributed by atoms with E-state index in [2.05, 4.69) is 9.47 Å². The van der Waals surface area contributed by atoms with Gasteiger partial charge in [0.05, 0.1) is 9.52 Å². The van der Waals surface area contributed by atoms with Gasteiger partial charge in [0, 0.05) is 20.3 Å². The molecule has 0 spiro atoms. The predicted octanol–water partition coefficient (Wildman–Crippen LogP) is 5.79. The molecular weight excluding hydrogens is 577 g/mol. The third-order valence-corrected chi connectivity index (χ3v) is 6.46. The lowest BCUT2D eigenvalue weighted by atomic mass is 9.87. The number of alkyl halides is 19. The summed E-state index contributed by atoms with van der Waals surface area (Å²) in [4.78, 5) is 0. The molecule has 0 fully saturated rings. The Hall–Kier alpha value is -1.19. The zero-order valence-electron chi connectivity index (χ0n) is 16.5. The molecule has 0 aliphatic heterocycles. The van der Waals surface area contributed by atoms with E-state index in [1.165, 1.54) is 0 Å². The number of halogens is 19. The van der Waals surface area contributed by atoms with Crippen molar-refractivity contribution in [3.05, 3.63) is 0 Å². The van der Waals surface area contributed by atoms with Crippen LogP contribution in [0, 0.1) is 0 Å². The molecule has 2 nitrogen and oxygen atoms in total. The van der Waals surface area contributed by atoms with Crippen molar-refractivity contribution in [1.82, 2.24) is 0 Å². The number of ether oxygens (including phenoxy) is 2. The highest BCUT2D eigenvalue weighted by Gasteiger charge is 2.96. The first-order chi connectivity index (χ1) is 15.0. The van der Waals surface area contributed by atoms with E-state index in [0.29, 0.717) is 14.2 Å². The molecule has 35 heavy (non-hydrogen) atoms. The SMILES string of the molecule is COC(OC)[SiH2]CC(F)(F)C(F)(F)C(F)(F)C(F)(F)C(F)(F)C(F)(F)C(F)(F)C(F)(F)C(F)(F)F. The van der Waals surface area contributed by atoms with Gasteiger partial charge in [0.25, 0.3) is 0 Å². The van der Waals surface area contributed by atoms with Crippen molar-refractivity contribution in [2.75, 3.05) is 14.2 Å². The molecule has 0 aromatic rings. The lowest BCUT2D eigenvalue weighted by Crippen LogP contribution is -2.75. The first-order valence-corrected chi connectivity index (χ1v) is 9.96. The summed E-state index contributed by atoms with van der Waals surface area (Å²) in [6.45, 7) is 0.